The highest BCUT2D eigenvalue weighted by molar-refractivity contribution is 6.30. The second kappa shape index (κ2) is 9.41. The van der Waals surface area contributed by atoms with Crippen LogP contribution in [0.2, 0.25) is 5.02 Å². The molecule has 1 amide bonds. The number of ether oxygens (including phenoxy) is 2. The van der Waals surface area contributed by atoms with Gasteiger partial charge in [0.2, 0.25) is 0 Å². The molecule has 9 heteroatoms. The molecule has 1 N–H and O–H groups in total. The van der Waals surface area contributed by atoms with Crippen LogP contribution in [-0.2, 0) is 16.1 Å². The van der Waals surface area contributed by atoms with Gasteiger partial charge in [-0.1, -0.05) is 22.8 Å². The number of nitrogens with one attached hydrogen (secondary N) is 1. The van der Waals surface area contributed by atoms with Gasteiger partial charge < -0.3 is 19.3 Å². The molecule has 0 aliphatic rings. The van der Waals surface area contributed by atoms with E-state index in [1.807, 2.05) is 6.92 Å². The highest BCUT2D eigenvalue weighted by atomic mass is 35.5. The minimum absolute atomic E-state index is 0.0600. The summed E-state index contributed by atoms with van der Waals surface area (Å²) in [6, 6.07) is 10.2. The van der Waals surface area contributed by atoms with Crippen LogP contribution >= 0.6 is 11.6 Å². The van der Waals surface area contributed by atoms with Crippen molar-refractivity contribution in [2.45, 2.75) is 20.5 Å². The van der Waals surface area contributed by atoms with Crippen LogP contribution in [0.25, 0.3) is 0 Å². The van der Waals surface area contributed by atoms with Crippen LogP contribution in [0.15, 0.2) is 47.0 Å². The maximum Gasteiger partial charge on any atom is 0.338 e. The molecule has 0 aliphatic carbocycles. The maximum absolute atomic E-state index is 13.7. The van der Waals surface area contributed by atoms with Gasteiger partial charge in [0, 0.05) is 5.02 Å². The van der Waals surface area contributed by atoms with Gasteiger partial charge >= 0.3 is 5.97 Å². The van der Waals surface area contributed by atoms with E-state index in [0.717, 1.165) is 17.3 Å². The average Bonchev–Trinajstić information content (AvgIpc) is 3.04. The lowest BCUT2D eigenvalue weighted by Gasteiger charge is -2.09. The number of benzene rings is 2. The zero-order valence-corrected chi connectivity index (χ0v) is 17.0. The van der Waals surface area contributed by atoms with Gasteiger partial charge in [-0.05, 0) is 50.2 Å². The quantitative estimate of drug-likeness (QED) is 0.554. The van der Waals surface area contributed by atoms with E-state index in [2.05, 4.69) is 10.5 Å². The molecule has 0 bridgehead atoms. The van der Waals surface area contributed by atoms with Crippen molar-refractivity contribution in [1.29, 1.82) is 0 Å². The van der Waals surface area contributed by atoms with Gasteiger partial charge in [-0.15, -0.1) is 0 Å². The van der Waals surface area contributed by atoms with Gasteiger partial charge in [0.1, 0.15) is 23.9 Å². The molecule has 1 aromatic heterocycles. The number of hydrogen-bond acceptors (Lipinski definition) is 6. The van der Waals surface area contributed by atoms with Crippen molar-refractivity contribution in [2.24, 2.45) is 0 Å². The lowest BCUT2D eigenvalue weighted by molar-refractivity contribution is -0.119. The Hall–Kier alpha value is -3.39. The Morgan fingerprint density at radius 1 is 1.20 bits per heavy atom. The molecule has 0 fully saturated rings. The van der Waals surface area contributed by atoms with E-state index in [9.17, 15) is 14.0 Å². The van der Waals surface area contributed by atoms with Gasteiger partial charge in [0.25, 0.3) is 5.91 Å². The van der Waals surface area contributed by atoms with Crippen molar-refractivity contribution in [3.8, 4) is 5.75 Å². The first-order chi connectivity index (χ1) is 14.3. The SMILES string of the molecule is Cc1noc(C)c1COc1cccc(C(=O)OCC(=O)Nc2ccc(Cl)cc2F)c1. The fourth-order valence-electron chi connectivity index (χ4n) is 2.57. The van der Waals surface area contributed by atoms with E-state index >= 15 is 0 Å². The van der Waals surface area contributed by atoms with Crippen molar-refractivity contribution < 1.29 is 28.0 Å². The first-order valence-corrected chi connectivity index (χ1v) is 9.28. The third-order valence-electron chi connectivity index (χ3n) is 4.17. The largest absolute Gasteiger partial charge is 0.489 e. The number of aryl methyl sites for hydroxylation is 2. The van der Waals surface area contributed by atoms with Gasteiger partial charge in [0.15, 0.2) is 6.61 Å². The van der Waals surface area contributed by atoms with E-state index in [0.29, 0.717) is 11.5 Å². The number of rotatable bonds is 7. The fraction of sp³-hybridized carbons (Fsp3) is 0.190. The monoisotopic (exact) mass is 432 g/mol. The number of carbonyl (C=O) groups is 2. The number of esters is 1. The molecule has 0 saturated carbocycles. The zero-order valence-electron chi connectivity index (χ0n) is 16.2. The number of anilines is 1. The zero-order chi connectivity index (χ0) is 21.7. The molecular weight excluding hydrogens is 415 g/mol. The Balaban J connectivity index is 1.55. The summed E-state index contributed by atoms with van der Waals surface area (Å²) in [5, 5.41) is 6.37. The summed E-state index contributed by atoms with van der Waals surface area (Å²) in [6.45, 7) is 3.25. The Kier molecular flexibility index (Phi) is 6.68. The van der Waals surface area contributed by atoms with Crippen LogP contribution < -0.4 is 10.1 Å². The third kappa shape index (κ3) is 5.36. The van der Waals surface area contributed by atoms with E-state index in [1.54, 1.807) is 19.1 Å². The topological polar surface area (TPSA) is 90.7 Å². The van der Waals surface area contributed by atoms with Gasteiger partial charge in [-0.3, -0.25) is 4.79 Å². The van der Waals surface area contributed by atoms with Crippen LogP contribution in [0, 0.1) is 19.7 Å². The first-order valence-electron chi connectivity index (χ1n) is 8.90. The van der Waals surface area contributed by atoms with Crippen molar-refractivity contribution in [1.82, 2.24) is 5.16 Å². The smallest absolute Gasteiger partial charge is 0.338 e. The van der Waals surface area contributed by atoms with Crippen molar-refractivity contribution >= 4 is 29.2 Å². The van der Waals surface area contributed by atoms with Crippen molar-refractivity contribution in [3.05, 3.63) is 75.9 Å². The number of amides is 1. The maximum atomic E-state index is 13.7. The number of nitrogens with zero attached hydrogens (tertiary/aromatic N) is 1. The molecule has 7 nitrogen and oxygen atoms in total. The highest BCUT2D eigenvalue weighted by Crippen LogP contribution is 2.20. The summed E-state index contributed by atoms with van der Waals surface area (Å²) in [4.78, 5) is 24.2. The van der Waals surface area contributed by atoms with E-state index in [4.69, 9.17) is 25.6 Å². The Bertz CT molecular complexity index is 1060. The fourth-order valence-corrected chi connectivity index (χ4v) is 2.73. The minimum Gasteiger partial charge on any atom is -0.489 e. The van der Waals surface area contributed by atoms with E-state index in [1.165, 1.54) is 24.3 Å². The Morgan fingerprint density at radius 2 is 2.00 bits per heavy atom. The molecule has 0 radical (unpaired) electrons. The van der Waals surface area contributed by atoms with E-state index < -0.39 is 24.3 Å². The molecule has 0 aliphatic heterocycles. The molecule has 0 atom stereocenters. The molecule has 2 aromatic carbocycles. The molecular formula is C21H18ClFN2O5. The summed E-state index contributed by atoms with van der Waals surface area (Å²) >= 11 is 5.66. The lowest BCUT2D eigenvalue weighted by Crippen LogP contribution is -2.21. The molecule has 1 heterocycles. The predicted octanol–water partition coefficient (Wildman–Crippen LogP) is 4.46. The molecule has 156 valence electrons. The van der Waals surface area contributed by atoms with Gasteiger partial charge in [-0.25, -0.2) is 9.18 Å². The average molecular weight is 433 g/mol. The molecule has 3 rings (SSSR count). The van der Waals surface area contributed by atoms with Crippen LogP contribution in [0.3, 0.4) is 0 Å². The van der Waals surface area contributed by atoms with Crippen molar-refractivity contribution in [3.63, 3.8) is 0 Å². The number of halogens is 2. The van der Waals surface area contributed by atoms with Crippen LogP contribution in [0.4, 0.5) is 10.1 Å². The summed E-state index contributed by atoms with van der Waals surface area (Å²) in [6.07, 6.45) is 0. The number of hydrogen-bond donors (Lipinski definition) is 1. The highest BCUT2D eigenvalue weighted by Gasteiger charge is 2.14. The summed E-state index contributed by atoms with van der Waals surface area (Å²) < 4.78 is 29.5. The lowest BCUT2D eigenvalue weighted by atomic mass is 10.2. The normalized spacial score (nSPS) is 10.5. The second-order valence-corrected chi connectivity index (χ2v) is 6.80. The third-order valence-corrected chi connectivity index (χ3v) is 4.41. The van der Waals surface area contributed by atoms with Crippen LogP contribution in [0.1, 0.15) is 27.4 Å². The molecule has 0 spiro atoms. The minimum atomic E-state index is -0.718. The molecule has 3 aromatic rings. The number of aromatic nitrogens is 1. The van der Waals surface area contributed by atoms with Crippen molar-refractivity contribution in [2.75, 3.05) is 11.9 Å². The Labute approximate surface area is 176 Å². The standard InChI is InChI=1S/C21H18ClFN2O5/c1-12-17(13(2)30-25-12)10-28-16-5-3-4-14(8-16)21(27)29-11-20(26)24-19-7-6-15(22)9-18(19)23/h3-9H,10-11H2,1-2H3,(H,24,26). The Morgan fingerprint density at radius 3 is 2.70 bits per heavy atom. The van der Waals surface area contributed by atoms with E-state index in [-0.39, 0.29) is 22.9 Å². The molecule has 30 heavy (non-hydrogen) atoms. The van der Waals surface area contributed by atoms with Gasteiger partial charge in [0.05, 0.1) is 22.5 Å². The summed E-state index contributed by atoms with van der Waals surface area (Å²) in [7, 11) is 0. The number of carbonyl (C=O) groups excluding carboxylic acids is 2. The molecule has 0 unspecified atom stereocenters. The summed E-state index contributed by atoms with van der Waals surface area (Å²) in [5.74, 6) is -0.992. The summed E-state index contributed by atoms with van der Waals surface area (Å²) in [5.41, 5.74) is 1.70. The van der Waals surface area contributed by atoms with Crippen LogP contribution in [-0.4, -0.2) is 23.6 Å². The first kappa shape index (κ1) is 21.3. The predicted molar refractivity (Wildman–Crippen MR) is 107 cm³/mol. The van der Waals surface area contributed by atoms with Gasteiger partial charge in [-0.2, -0.15) is 0 Å². The molecule has 0 saturated heterocycles. The second-order valence-electron chi connectivity index (χ2n) is 6.37. The van der Waals surface area contributed by atoms with Crippen LogP contribution in [0.5, 0.6) is 5.75 Å².